The van der Waals surface area contributed by atoms with Crippen LogP contribution in [0.25, 0.3) is 0 Å². The zero-order valence-electron chi connectivity index (χ0n) is 7.97. The van der Waals surface area contributed by atoms with Crippen molar-refractivity contribution in [3.63, 3.8) is 0 Å². The molecule has 0 bridgehead atoms. The summed E-state index contributed by atoms with van der Waals surface area (Å²) in [5.74, 6) is 3.95. The largest absolute Gasteiger partial charge is 0.508 e. The number of aromatic hydroxyl groups is 1. The maximum absolute atomic E-state index is 10.8. The fraction of sp³-hybridized carbons (Fsp3) is 0.222. The second-order valence-electron chi connectivity index (χ2n) is 3.26. The van der Waals surface area contributed by atoms with Crippen molar-refractivity contribution in [1.29, 1.82) is 0 Å². The van der Waals surface area contributed by atoms with Crippen LogP contribution < -0.4 is 17.0 Å². The van der Waals surface area contributed by atoms with Gasteiger partial charge in [-0.25, -0.2) is 10.2 Å². The van der Waals surface area contributed by atoms with Crippen LogP contribution in [0.15, 0.2) is 24.3 Å². The van der Waals surface area contributed by atoms with Crippen molar-refractivity contribution < 1.29 is 15.0 Å². The van der Waals surface area contributed by atoms with E-state index in [1.54, 1.807) is 12.1 Å². The van der Waals surface area contributed by atoms with Crippen LogP contribution in [0, 0.1) is 0 Å². The number of aliphatic carboxylic acids is 1. The molecule has 0 radical (unpaired) electrons. The van der Waals surface area contributed by atoms with E-state index in [1.165, 1.54) is 12.1 Å². The predicted octanol–water partition coefficient (Wildman–Crippen LogP) is -0.862. The van der Waals surface area contributed by atoms with E-state index in [-0.39, 0.29) is 12.2 Å². The van der Waals surface area contributed by atoms with Crippen LogP contribution in [0.1, 0.15) is 5.56 Å². The van der Waals surface area contributed by atoms with Gasteiger partial charge in [0.05, 0.1) is 0 Å². The van der Waals surface area contributed by atoms with Gasteiger partial charge < -0.3 is 15.9 Å². The molecule has 0 aromatic heterocycles. The van der Waals surface area contributed by atoms with Gasteiger partial charge in [-0.15, -0.1) is 0 Å². The maximum Gasteiger partial charge on any atom is 0.340 e. The van der Waals surface area contributed by atoms with Gasteiger partial charge in [-0.2, -0.15) is 0 Å². The van der Waals surface area contributed by atoms with Gasteiger partial charge >= 0.3 is 5.97 Å². The number of rotatable bonds is 4. The summed E-state index contributed by atoms with van der Waals surface area (Å²) < 4.78 is 0. The van der Waals surface area contributed by atoms with E-state index >= 15 is 0 Å². The number of carboxylic acid groups (broad SMARTS) is 1. The van der Waals surface area contributed by atoms with Gasteiger partial charge in [0.1, 0.15) is 5.75 Å². The molecule has 7 N–H and O–H groups in total. The number of benzene rings is 1. The van der Waals surface area contributed by atoms with E-state index in [0.29, 0.717) is 5.56 Å². The zero-order valence-corrected chi connectivity index (χ0v) is 7.97. The summed E-state index contributed by atoms with van der Waals surface area (Å²) in [7, 11) is 0. The molecule has 1 aromatic carbocycles. The minimum Gasteiger partial charge on any atom is -0.508 e. The average molecular weight is 211 g/mol. The van der Waals surface area contributed by atoms with Crippen molar-refractivity contribution in [1.82, 2.24) is 5.43 Å². The first-order chi connectivity index (χ1) is 6.98. The van der Waals surface area contributed by atoms with Gasteiger partial charge in [0.2, 0.25) is 0 Å². The third kappa shape index (κ3) is 2.66. The summed E-state index contributed by atoms with van der Waals surface area (Å²) in [4.78, 5) is 10.8. The maximum atomic E-state index is 10.8. The lowest BCUT2D eigenvalue weighted by Crippen LogP contribution is -2.63. The number of hydrazine groups is 1. The van der Waals surface area contributed by atoms with Gasteiger partial charge in [-0.05, 0) is 17.7 Å². The van der Waals surface area contributed by atoms with Crippen molar-refractivity contribution in [3.05, 3.63) is 29.8 Å². The Morgan fingerprint density at radius 1 is 1.40 bits per heavy atom. The second-order valence-corrected chi connectivity index (χ2v) is 3.26. The monoisotopic (exact) mass is 211 g/mol. The van der Waals surface area contributed by atoms with Crippen LogP contribution >= 0.6 is 0 Å². The minimum atomic E-state index is -1.70. The van der Waals surface area contributed by atoms with Gasteiger partial charge in [-0.3, -0.25) is 5.84 Å². The summed E-state index contributed by atoms with van der Waals surface area (Å²) in [6, 6.07) is 6.07. The van der Waals surface area contributed by atoms with E-state index in [4.69, 9.17) is 21.8 Å². The molecule has 0 heterocycles. The van der Waals surface area contributed by atoms with Crippen molar-refractivity contribution in [3.8, 4) is 5.75 Å². The number of phenolic OH excluding ortho intramolecular Hbond substituents is 1. The van der Waals surface area contributed by atoms with Gasteiger partial charge in [0, 0.05) is 6.42 Å². The smallest absolute Gasteiger partial charge is 0.340 e. The third-order valence-corrected chi connectivity index (χ3v) is 2.06. The fourth-order valence-electron chi connectivity index (χ4n) is 1.12. The normalized spacial score (nSPS) is 14.5. The first kappa shape index (κ1) is 11.4. The Bertz CT molecular complexity index is 352. The first-order valence-electron chi connectivity index (χ1n) is 4.26. The third-order valence-electron chi connectivity index (χ3n) is 2.06. The molecule has 1 rings (SSSR count). The second kappa shape index (κ2) is 4.26. The summed E-state index contributed by atoms with van der Waals surface area (Å²) in [5, 5.41) is 17.9. The number of nitrogens with two attached hydrogens (primary N) is 2. The topological polar surface area (TPSA) is 122 Å². The van der Waals surface area contributed by atoms with Crippen molar-refractivity contribution in [2.75, 3.05) is 0 Å². The number of hydrogen-bond acceptors (Lipinski definition) is 5. The molecule has 1 aromatic rings. The van der Waals surface area contributed by atoms with Crippen molar-refractivity contribution in [2.45, 2.75) is 12.1 Å². The van der Waals surface area contributed by atoms with E-state index in [2.05, 4.69) is 5.43 Å². The summed E-state index contributed by atoms with van der Waals surface area (Å²) in [5.41, 5.74) is 6.53. The lowest BCUT2D eigenvalue weighted by molar-refractivity contribution is -0.144. The number of carbonyl (C=O) groups is 1. The summed E-state index contributed by atoms with van der Waals surface area (Å²) in [6.45, 7) is 0. The highest BCUT2D eigenvalue weighted by molar-refractivity contribution is 5.78. The van der Waals surface area contributed by atoms with E-state index < -0.39 is 11.6 Å². The van der Waals surface area contributed by atoms with Crippen LogP contribution in [0.2, 0.25) is 0 Å². The molecule has 0 aliphatic heterocycles. The Labute approximate surface area is 86.5 Å². The molecule has 0 aliphatic carbocycles. The number of nitrogens with one attached hydrogen (secondary N) is 1. The molecule has 0 amide bonds. The molecule has 0 spiro atoms. The molecule has 0 saturated heterocycles. The number of phenols is 1. The van der Waals surface area contributed by atoms with Gasteiger partial charge in [-0.1, -0.05) is 12.1 Å². The Kier molecular flexibility index (Phi) is 3.25. The van der Waals surface area contributed by atoms with Crippen LogP contribution in [0.3, 0.4) is 0 Å². The Morgan fingerprint density at radius 2 is 1.93 bits per heavy atom. The molecule has 15 heavy (non-hydrogen) atoms. The molecule has 82 valence electrons. The quantitative estimate of drug-likeness (QED) is 0.251. The molecule has 0 fully saturated rings. The lowest BCUT2D eigenvalue weighted by Gasteiger charge is -2.23. The Balaban J connectivity index is 2.84. The van der Waals surface area contributed by atoms with E-state index in [1.807, 2.05) is 0 Å². The molecule has 0 aliphatic rings. The Hall–Kier alpha value is -1.63. The van der Waals surface area contributed by atoms with E-state index in [9.17, 15) is 4.79 Å². The number of hydrogen-bond donors (Lipinski definition) is 5. The summed E-state index contributed by atoms with van der Waals surface area (Å²) in [6.07, 6.45) is 0.0269. The zero-order chi connectivity index (χ0) is 11.5. The van der Waals surface area contributed by atoms with E-state index in [0.717, 1.165) is 0 Å². The molecule has 0 unspecified atom stereocenters. The summed E-state index contributed by atoms with van der Waals surface area (Å²) >= 11 is 0. The van der Waals surface area contributed by atoms with Crippen molar-refractivity contribution >= 4 is 5.97 Å². The molecule has 6 heteroatoms. The highest BCUT2D eigenvalue weighted by Gasteiger charge is 2.32. The first-order valence-corrected chi connectivity index (χ1v) is 4.26. The Morgan fingerprint density at radius 3 is 2.33 bits per heavy atom. The van der Waals surface area contributed by atoms with Crippen LogP contribution in [-0.2, 0) is 11.2 Å². The standard InChI is InChI=1S/C9H13N3O3/c10-9(12-11,8(14)15)5-6-1-3-7(13)4-2-6/h1-4,12-13H,5,10-11H2,(H,14,15)/t9-/m1/s1. The minimum absolute atomic E-state index is 0.0269. The number of carboxylic acids is 1. The van der Waals surface area contributed by atoms with Gasteiger partial charge in [0.15, 0.2) is 5.66 Å². The predicted molar refractivity (Wildman–Crippen MR) is 53.7 cm³/mol. The highest BCUT2D eigenvalue weighted by atomic mass is 16.4. The molecular formula is C9H13N3O3. The van der Waals surface area contributed by atoms with Crippen LogP contribution in [-0.4, -0.2) is 21.8 Å². The molecule has 6 nitrogen and oxygen atoms in total. The lowest BCUT2D eigenvalue weighted by atomic mass is 10.0. The SMILES string of the molecule is NN[C@](N)(Cc1ccc(O)cc1)C(=O)O. The highest BCUT2D eigenvalue weighted by Crippen LogP contribution is 2.13. The molecule has 0 saturated carbocycles. The molecular weight excluding hydrogens is 198 g/mol. The fourth-order valence-corrected chi connectivity index (χ4v) is 1.12. The van der Waals surface area contributed by atoms with Crippen molar-refractivity contribution in [2.24, 2.45) is 11.6 Å². The van der Waals surface area contributed by atoms with Crippen LogP contribution in [0.4, 0.5) is 0 Å². The molecule has 1 atom stereocenters. The average Bonchev–Trinajstić information content (AvgIpc) is 2.21. The van der Waals surface area contributed by atoms with Gasteiger partial charge in [0.25, 0.3) is 0 Å². The van der Waals surface area contributed by atoms with Crippen LogP contribution in [0.5, 0.6) is 5.75 Å².